The Labute approximate surface area is 167 Å². The van der Waals surface area contributed by atoms with Crippen LogP contribution in [-0.2, 0) is 14.2 Å². The highest BCUT2D eigenvalue weighted by atomic mass is 16.6. The molecule has 0 aromatic carbocycles. The quantitative estimate of drug-likeness (QED) is 0.421. The van der Waals surface area contributed by atoms with Crippen LogP contribution in [0.3, 0.4) is 0 Å². The second-order valence-corrected chi connectivity index (χ2v) is 7.02. The van der Waals surface area contributed by atoms with Gasteiger partial charge in [0.05, 0.1) is 33.0 Å². The van der Waals surface area contributed by atoms with E-state index in [1.807, 2.05) is 19.2 Å². The van der Waals surface area contributed by atoms with Crippen molar-refractivity contribution < 1.29 is 14.2 Å². The van der Waals surface area contributed by atoms with Gasteiger partial charge in [0.2, 0.25) is 0 Å². The van der Waals surface area contributed by atoms with Crippen LogP contribution in [0.1, 0.15) is 12.5 Å². The number of aliphatic imine (C=N–C) groups is 1. The first-order valence-corrected chi connectivity index (χ1v) is 10.2. The second-order valence-electron chi connectivity index (χ2n) is 7.02. The Hall–Kier alpha value is -1.90. The summed E-state index contributed by atoms with van der Waals surface area (Å²) in [5, 5.41) is 3.45. The molecule has 8 heteroatoms. The van der Waals surface area contributed by atoms with Crippen LogP contribution in [0, 0.1) is 6.92 Å². The zero-order valence-electron chi connectivity index (χ0n) is 17.1. The van der Waals surface area contributed by atoms with Gasteiger partial charge in [0.1, 0.15) is 11.9 Å². The van der Waals surface area contributed by atoms with Gasteiger partial charge in [0.25, 0.3) is 0 Å². The number of aromatic nitrogens is 1. The first-order valence-electron chi connectivity index (χ1n) is 10.2. The Balaban J connectivity index is 1.56. The maximum absolute atomic E-state index is 5.73. The third kappa shape index (κ3) is 6.32. The lowest BCUT2D eigenvalue weighted by atomic mass is 10.2. The van der Waals surface area contributed by atoms with Crippen LogP contribution in [0.15, 0.2) is 23.3 Å². The predicted octanol–water partition coefficient (Wildman–Crippen LogP) is 0.910. The summed E-state index contributed by atoms with van der Waals surface area (Å²) in [5.74, 6) is 1.97. The number of hydrogen-bond donors (Lipinski definition) is 1. The molecule has 0 spiro atoms. The van der Waals surface area contributed by atoms with Crippen LogP contribution in [0.4, 0.5) is 5.82 Å². The summed E-state index contributed by atoms with van der Waals surface area (Å²) in [5.41, 5.74) is 1.24. The molecule has 1 aromatic heterocycles. The number of nitrogens with one attached hydrogen (secondary N) is 1. The molecule has 156 valence electrons. The number of aryl methyl sites for hydroxylation is 1. The second kappa shape index (κ2) is 11.2. The molecule has 0 radical (unpaired) electrons. The van der Waals surface area contributed by atoms with Gasteiger partial charge < -0.3 is 29.3 Å². The minimum absolute atomic E-state index is 0.0372. The van der Waals surface area contributed by atoms with Crippen LogP contribution < -0.4 is 10.2 Å². The molecule has 1 unspecified atom stereocenters. The molecule has 8 nitrogen and oxygen atoms in total. The van der Waals surface area contributed by atoms with Gasteiger partial charge >= 0.3 is 0 Å². The van der Waals surface area contributed by atoms with E-state index in [-0.39, 0.29) is 6.10 Å². The van der Waals surface area contributed by atoms with E-state index in [9.17, 15) is 0 Å². The maximum atomic E-state index is 5.73. The topological polar surface area (TPSA) is 71.5 Å². The fraction of sp³-hybridized carbons (Fsp3) is 0.700. The third-order valence-corrected chi connectivity index (χ3v) is 4.87. The zero-order chi connectivity index (χ0) is 19.6. The van der Waals surface area contributed by atoms with Crippen LogP contribution in [-0.4, -0.2) is 94.3 Å². The number of ether oxygens (including phenoxy) is 3. The molecule has 1 N–H and O–H groups in total. The van der Waals surface area contributed by atoms with E-state index < -0.39 is 0 Å². The monoisotopic (exact) mass is 391 g/mol. The van der Waals surface area contributed by atoms with Crippen molar-refractivity contribution in [1.29, 1.82) is 0 Å². The lowest BCUT2D eigenvalue weighted by molar-refractivity contribution is -0.0833. The Morgan fingerprint density at radius 3 is 2.89 bits per heavy atom. The molecule has 0 bridgehead atoms. The van der Waals surface area contributed by atoms with Crippen LogP contribution in [0.25, 0.3) is 0 Å². The number of guanidine groups is 1. The Bertz CT molecular complexity index is 614. The molecule has 3 heterocycles. The van der Waals surface area contributed by atoms with Crippen LogP contribution in [0.5, 0.6) is 0 Å². The summed E-state index contributed by atoms with van der Waals surface area (Å²) >= 11 is 0. The molecule has 1 atom stereocenters. The fourth-order valence-corrected chi connectivity index (χ4v) is 3.32. The third-order valence-electron chi connectivity index (χ3n) is 4.87. The van der Waals surface area contributed by atoms with Gasteiger partial charge in [0, 0.05) is 45.5 Å². The smallest absolute Gasteiger partial charge is 0.194 e. The molecule has 1 aromatic rings. The van der Waals surface area contributed by atoms with E-state index in [0.717, 1.165) is 51.1 Å². The highest BCUT2D eigenvalue weighted by molar-refractivity contribution is 5.80. The molecule has 3 rings (SSSR count). The fourth-order valence-electron chi connectivity index (χ4n) is 3.32. The van der Waals surface area contributed by atoms with Gasteiger partial charge in [-0.15, -0.1) is 0 Å². The summed E-state index contributed by atoms with van der Waals surface area (Å²) < 4.78 is 16.7. The van der Waals surface area contributed by atoms with E-state index in [2.05, 4.69) is 33.1 Å². The van der Waals surface area contributed by atoms with Gasteiger partial charge in [-0.25, -0.2) is 4.98 Å². The Morgan fingerprint density at radius 1 is 1.32 bits per heavy atom. The highest BCUT2D eigenvalue weighted by Crippen LogP contribution is 2.15. The van der Waals surface area contributed by atoms with Gasteiger partial charge in [-0.1, -0.05) is 0 Å². The van der Waals surface area contributed by atoms with Crippen molar-refractivity contribution in [3.8, 4) is 0 Å². The average Bonchev–Trinajstić information content (AvgIpc) is 2.74. The van der Waals surface area contributed by atoms with Crippen LogP contribution >= 0.6 is 0 Å². The van der Waals surface area contributed by atoms with E-state index in [4.69, 9.17) is 19.2 Å². The first kappa shape index (κ1) is 20.8. The molecule has 2 fully saturated rings. The van der Waals surface area contributed by atoms with E-state index in [1.165, 1.54) is 5.56 Å². The normalized spacial score (nSPS) is 21.1. The number of nitrogens with zero attached hydrogens (tertiary/aromatic N) is 4. The molecule has 2 saturated heterocycles. The van der Waals surface area contributed by atoms with Crippen molar-refractivity contribution in [2.24, 2.45) is 4.99 Å². The van der Waals surface area contributed by atoms with Gasteiger partial charge in [-0.2, -0.15) is 0 Å². The first-order chi connectivity index (χ1) is 13.8. The van der Waals surface area contributed by atoms with Crippen molar-refractivity contribution in [2.45, 2.75) is 20.0 Å². The van der Waals surface area contributed by atoms with Gasteiger partial charge in [0.15, 0.2) is 5.96 Å². The minimum Gasteiger partial charge on any atom is -0.380 e. The summed E-state index contributed by atoms with van der Waals surface area (Å²) in [6.07, 6.45) is 1.92. The van der Waals surface area contributed by atoms with Crippen molar-refractivity contribution in [1.82, 2.24) is 15.2 Å². The minimum atomic E-state index is 0.0372. The lowest BCUT2D eigenvalue weighted by Crippen LogP contribution is -2.53. The summed E-state index contributed by atoms with van der Waals surface area (Å²) in [6, 6.07) is 4.18. The van der Waals surface area contributed by atoms with Crippen molar-refractivity contribution in [3.05, 3.63) is 23.9 Å². The molecular formula is C20H33N5O3. The molecule has 0 amide bonds. The standard InChI is InChI=1S/C20H33N5O3/c1-3-26-11-6-22-20(23-15-18-16-27-12-13-28-18)25-9-7-24(8-10-25)19-14-17(2)4-5-21-19/h4-5,14,18H,3,6-13,15-16H2,1-2H3,(H,22,23). The van der Waals surface area contributed by atoms with E-state index >= 15 is 0 Å². The van der Waals surface area contributed by atoms with Gasteiger partial charge in [-0.05, 0) is 31.5 Å². The Morgan fingerprint density at radius 2 is 2.18 bits per heavy atom. The molecule has 0 aliphatic carbocycles. The van der Waals surface area contributed by atoms with Gasteiger partial charge in [-0.3, -0.25) is 4.99 Å². The largest absolute Gasteiger partial charge is 0.380 e. The predicted molar refractivity (Wildman–Crippen MR) is 110 cm³/mol. The SMILES string of the molecule is CCOCCNC(=NCC1COCCO1)N1CCN(c2cc(C)ccn2)CC1. The summed E-state index contributed by atoms with van der Waals surface area (Å²) in [7, 11) is 0. The molecule has 2 aliphatic rings. The van der Waals surface area contributed by atoms with Crippen molar-refractivity contribution >= 4 is 11.8 Å². The number of pyridine rings is 1. The number of anilines is 1. The number of piperazine rings is 1. The lowest BCUT2D eigenvalue weighted by Gasteiger charge is -2.37. The average molecular weight is 392 g/mol. The molecular weight excluding hydrogens is 358 g/mol. The Kier molecular flexibility index (Phi) is 8.32. The molecule has 0 saturated carbocycles. The maximum Gasteiger partial charge on any atom is 0.194 e. The van der Waals surface area contributed by atoms with Crippen molar-refractivity contribution in [3.63, 3.8) is 0 Å². The summed E-state index contributed by atoms with van der Waals surface area (Å²) in [4.78, 5) is 14.0. The van der Waals surface area contributed by atoms with Crippen molar-refractivity contribution in [2.75, 3.05) is 77.2 Å². The number of hydrogen-bond acceptors (Lipinski definition) is 6. The number of rotatable bonds is 7. The van der Waals surface area contributed by atoms with Crippen LogP contribution in [0.2, 0.25) is 0 Å². The summed E-state index contributed by atoms with van der Waals surface area (Å²) in [6.45, 7) is 12.4. The molecule has 2 aliphatic heterocycles. The molecule has 28 heavy (non-hydrogen) atoms. The highest BCUT2D eigenvalue weighted by Gasteiger charge is 2.21. The van der Waals surface area contributed by atoms with E-state index in [0.29, 0.717) is 33.0 Å². The zero-order valence-corrected chi connectivity index (χ0v) is 17.1. The van der Waals surface area contributed by atoms with E-state index in [1.54, 1.807) is 0 Å².